The van der Waals surface area contributed by atoms with Crippen LogP contribution >= 0.6 is 12.4 Å². The maximum absolute atomic E-state index is 5.95. The zero-order chi connectivity index (χ0) is 18.9. The molecule has 1 N–H and O–H groups in total. The molecule has 0 aliphatic heterocycles. The molecule has 4 heteroatoms. The first-order valence-corrected chi connectivity index (χ1v) is 9.34. The Kier molecular flexibility index (Phi) is 8.86. The van der Waals surface area contributed by atoms with Gasteiger partial charge in [-0.3, -0.25) is 0 Å². The quantitative estimate of drug-likeness (QED) is 0.494. The van der Waals surface area contributed by atoms with E-state index < -0.39 is 0 Å². The summed E-state index contributed by atoms with van der Waals surface area (Å²) in [5.41, 5.74) is 4.93. The van der Waals surface area contributed by atoms with Gasteiger partial charge in [0.1, 0.15) is 6.61 Å². The van der Waals surface area contributed by atoms with E-state index in [-0.39, 0.29) is 12.4 Å². The molecular weight excluding hydrogens is 370 g/mol. The van der Waals surface area contributed by atoms with Gasteiger partial charge in [0.2, 0.25) is 0 Å². The second-order valence-electron chi connectivity index (χ2n) is 6.67. The summed E-state index contributed by atoms with van der Waals surface area (Å²) in [6.07, 6.45) is 1.02. The number of hydrogen-bond acceptors (Lipinski definition) is 3. The topological polar surface area (TPSA) is 30.5 Å². The molecule has 0 aromatic heterocycles. The summed E-state index contributed by atoms with van der Waals surface area (Å²) < 4.78 is 11.5. The third-order valence-electron chi connectivity index (χ3n) is 4.51. The Morgan fingerprint density at radius 2 is 1.50 bits per heavy atom. The van der Waals surface area contributed by atoms with E-state index in [1.165, 1.54) is 16.7 Å². The molecule has 0 radical (unpaired) electrons. The van der Waals surface area contributed by atoms with E-state index in [0.717, 1.165) is 36.6 Å². The monoisotopic (exact) mass is 397 g/mol. The van der Waals surface area contributed by atoms with E-state index in [9.17, 15) is 0 Å². The molecule has 3 rings (SSSR count). The molecule has 3 nitrogen and oxygen atoms in total. The van der Waals surface area contributed by atoms with Gasteiger partial charge in [-0.1, -0.05) is 66.2 Å². The molecule has 0 heterocycles. The van der Waals surface area contributed by atoms with E-state index in [0.29, 0.717) is 6.61 Å². The fraction of sp³-hybridized carbons (Fsp3) is 0.250. The van der Waals surface area contributed by atoms with Crippen molar-refractivity contribution in [3.05, 3.63) is 95.1 Å². The SMILES string of the molecule is COc1cc(CNCCc2ccccc2)ccc1OCc1ccc(C)cc1.Cl. The van der Waals surface area contributed by atoms with Crippen molar-refractivity contribution in [3.63, 3.8) is 0 Å². The lowest BCUT2D eigenvalue weighted by atomic mass is 10.1. The Morgan fingerprint density at radius 1 is 0.786 bits per heavy atom. The van der Waals surface area contributed by atoms with Crippen molar-refractivity contribution in [1.82, 2.24) is 5.32 Å². The standard InChI is InChI=1S/C24H27NO2.ClH/c1-19-8-10-21(11-9-19)18-27-23-13-12-22(16-24(23)26-2)17-25-15-14-20-6-4-3-5-7-20;/h3-13,16,25H,14-15,17-18H2,1-2H3;1H. The van der Waals surface area contributed by atoms with Crippen molar-refractivity contribution in [3.8, 4) is 11.5 Å². The second kappa shape index (κ2) is 11.4. The predicted molar refractivity (Wildman–Crippen MR) is 118 cm³/mol. The van der Waals surface area contributed by atoms with Gasteiger partial charge < -0.3 is 14.8 Å². The smallest absolute Gasteiger partial charge is 0.161 e. The van der Waals surface area contributed by atoms with Crippen molar-refractivity contribution in [2.45, 2.75) is 26.5 Å². The van der Waals surface area contributed by atoms with Gasteiger partial charge >= 0.3 is 0 Å². The van der Waals surface area contributed by atoms with Gasteiger partial charge in [0.25, 0.3) is 0 Å². The fourth-order valence-electron chi connectivity index (χ4n) is 2.90. The Hall–Kier alpha value is -2.49. The molecule has 0 fully saturated rings. The average molecular weight is 398 g/mol. The van der Waals surface area contributed by atoms with Crippen LogP contribution < -0.4 is 14.8 Å². The molecule has 0 bridgehead atoms. The molecule has 148 valence electrons. The highest BCUT2D eigenvalue weighted by Gasteiger charge is 2.06. The minimum atomic E-state index is 0. The highest BCUT2D eigenvalue weighted by atomic mass is 35.5. The van der Waals surface area contributed by atoms with Crippen molar-refractivity contribution < 1.29 is 9.47 Å². The Bertz CT molecular complexity index is 835. The van der Waals surface area contributed by atoms with Gasteiger partial charge in [-0.15, -0.1) is 12.4 Å². The third-order valence-corrected chi connectivity index (χ3v) is 4.51. The van der Waals surface area contributed by atoms with Crippen LogP contribution in [0.5, 0.6) is 11.5 Å². The van der Waals surface area contributed by atoms with Crippen molar-refractivity contribution >= 4 is 12.4 Å². The average Bonchev–Trinajstić information content (AvgIpc) is 2.72. The van der Waals surface area contributed by atoms with Crippen LogP contribution in [0, 0.1) is 6.92 Å². The van der Waals surface area contributed by atoms with Crippen LogP contribution in [-0.2, 0) is 19.6 Å². The second-order valence-corrected chi connectivity index (χ2v) is 6.67. The van der Waals surface area contributed by atoms with Crippen LogP contribution in [0.1, 0.15) is 22.3 Å². The molecule has 0 amide bonds. The number of aryl methyl sites for hydroxylation is 1. The van der Waals surface area contributed by atoms with Gasteiger partial charge in [0, 0.05) is 6.54 Å². The third kappa shape index (κ3) is 6.59. The Labute approximate surface area is 174 Å². The van der Waals surface area contributed by atoms with Crippen LogP contribution in [0.3, 0.4) is 0 Å². The van der Waals surface area contributed by atoms with E-state index in [1.807, 2.05) is 18.2 Å². The summed E-state index contributed by atoms with van der Waals surface area (Å²) >= 11 is 0. The van der Waals surface area contributed by atoms with E-state index >= 15 is 0 Å². The number of benzene rings is 3. The molecule has 0 saturated carbocycles. The number of methoxy groups -OCH3 is 1. The molecule has 0 atom stereocenters. The first-order valence-electron chi connectivity index (χ1n) is 9.34. The highest BCUT2D eigenvalue weighted by molar-refractivity contribution is 5.85. The summed E-state index contributed by atoms with van der Waals surface area (Å²) in [4.78, 5) is 0. The minimum absolute atomic E-state index is 0. The fourth-order valence-corrected chi connectivity index (χ4v) is 2.90. The van der Waals surface area contributed by atoms with Crippen molar-refractivity contribution in [1.29, 1.82) is 0 Å². The molecule has 3 aromatic carbocycles. The summed E-state index contributed by atoms with van der Waals surface area (Å²) in [7, 11) is 1.68. The van der Waals surface area contributed by atoms with Crippen LogP contribution in [0.25, 0.3) is 0 Å². The van der Waals surface area contributed by atoms with Crippen molar-refractivity contribution in [2.24, 2.45) is 0 Å². The molecule has 0 unspecified atom stereocenters. The van der Waals surface area contributed by atoms with Crippen LogP contribution in [0.4, 0.5) is 0 Å². The normalized spacial score (nSPS) is 10.2. The molecule has 0 aliphatic rings. The van der Waals surface area contributed by atoms with Crippen LogP contribution in [0.2, 0.25) is 0 Å². The van der Waals surface area contributed by atoms with Crippen LogP contribution in [-0.4, -0.2) is 13.7 Å². The first kappa shape index (κ1) is 21.8. The lowest BCUT2D eigenvalue weighted by Crippen LogP contribution is -2.16. The highest BCUT2D eigenvalue weighted by Crippen LogP contribution is 2.28. The van der Waals surface area contributed by atoms with E-state index in [1.54, 1.807) is 7.11 Å². The number of rotatable bonds is 9. The maximum atomic E-state index is 5.95. The number of nitrogens with one attached hydrogen (secondary N) is 1. The number of hydrogen-bond donors (Lipinski definition) is 1. The maximum Gasteiger partial charge on any atom is 0.161 e. The first-order chi connectivity index (χ1) is 13.2. The van der Waals surface area contributed by atoms with Gasteiger partial charge in [0.15, 0.2) is 11.5 Å². The van der Waals surface area contributed by atoms with Crippen LogP contribution in [0.15, 0.2) is 72.8 Å². The van der Waals surface area contributed by atoms with Gasteiger partial charge in [-0.05, 0) is 48.7 Å². The molecule has 0 spiro atoms. The van der Waals surface area contributed by atoms with Crippen molar-refractivity contribution in [2.75, 3.05) is 13.7 Å². The number of halogens is 1. The summed E-state index contributed by atoms with van der Waals surface area (Å²) in [5, 5.41) is 3.49. The Balaban J connectivity index is 0.00000280. The Morgan fingerprint density at radius 3 is 2.21 bits per heavy atom. The summed E-state index contributed by atoms with van der Waals surface area (Å²) in [6, 6.07) is 25.0. The van der Waals surface area contributed by atoms with Gasteiger partial charge in [0.05, 0.1) is 7.11 Å². The molecule has 3 aromatic rings. The zero-order valence-electron chi connectivity index (χ0n) is 16.5. The molecule has 28 heavy (non-hydrogen) atoms. The minimum Gasteiger partial charge on any atom is -0.493 e. The largest absolute Gasteiger partial charge is 0.493 e. The zero-order valence-corrected chi connectivity index (χ0v) is 17.3. The molecule has 0 aliphatic carbocycles. The summed E-state index contributed by atoms with van der Waals surface area (Å²) in [5.74, 6) is 1.54. The molecule has 0 saturated heterocycles. The van der Waals surface area contributed by atoms with Gasteiger partial charge in [-0.25, -0.2) is 0 Å². The lowest BCUT2D eigenvalue weighted by molar-refractivity contribution is 0.284. The summed E-state index contributed by atoms with van der Waals surface area (Å²) in [6.45, 7) is 4.37. The molecular formula is C24H28ClNO2. The lowest BCUT2D eigenvalue weighted by Gasteiger charge is -2.13. The number of ether oxygens (including phenoxy) is 2. The predicted octanol–water partition coefficient (Wildman–Crippen LogP) is 5.34. The van der Waals surface area contributed by atoms with E-state index in [4.69, 9.17) is 9.47 Å². The van der Waals surface area contributed by atoms with Gasteiger partial charge in [-0.2, -0.15) is 0 Å². The van der Waals surface area contributed by atoms with E-state index in [2.05, 4.69) is 66.8 Å².